The van der Waals surface area contributed by atoms with Crippen LogP contribution in [0.1, 0.15) is 35.8 Å². The number of carbonyl (C=O) groups is 1. The highest BCUT2D eigenvalue weighted by Crippen LogP contribution is 2.18. The quantitative estimate of drug-likeness (QED) is 0.709. The number of pyridine rings is 1. The van der Waals surface area contributed by atoms with Crippen molar-refractivity contribution in [2.45, 2.75) is 26.7 Å². The molecule has 0 aliphatic rings. The molecule has 0 atom stereocenters. The number of anilines is 1. The summed E-state index contributed by atoms with van der Waals surface area (Å²) in [7, 11) is 3.81. The van der Waals surface area contributed by atoms with Crippen LogP contribution in [0.15, 0.2) is 12.1 Å². The van der Waals surface area contributed by atoms with Crippen molar-refractivity contribution in [2.24, 2.45) is 0 Å². The smallest absolute Gasteiger partial charge is 0.166 e. The lowest BCUT2D eigenvalue weighted by Gasteiger charge is -2.15. The average molecular weight is 206 g/mol. The fraction of sp³-hybridized carbons (Fsp3) is 0.500. The molecule has 0 spiro atoms. The molecule has 1 rings (SSSR count). The van der Waals surface area contributed by atoms with Gasteiger partial charge in [0.15, 0.2) is 5.78 Å². The van der Waals surface area contributed by atoms with Crippen LogP contribution in [0.3, 0.4) is 0 Å². The number of hydrogen-bond acceptors (Lipinski definition) is 3. The van der Waals surface area contributed by atoms with E-state index in [9.17, 15) is 4.79 Å². The summed E-state index contributed by atoms with van der Waals surface area (Å²) < 4.78 is 0. The summed E-state index contributed by atoms with van der Waals surface area (Å²) in [4.78, 5) is 18.1. The molecule has 0 radical (unpaired) electrons. The highest BCUT2D eigenvalue weighted by molar-refractivity contribution is 6.00. The summed E-state index contributed by atoms with van der Waals surface area (Å²) in [6, 6.07) is 3.76. The molecule has 0 aromatic carbocycles. The molecule has 0 aliphatic heterocycles. The van der Waals surface area contributed by atoms with Gasteiger partial charge in [-0.3, -0.25) is 4.79 Å². The second kappa shape index (κ2) is 4.91. The lowest BCUT2D eigenvalue weighted by molar-refractivity contribution is 0.0982. The van der Waals surface area contributed by atoms with Gasteiger partial charge in [-0.25, -0.2) is 4.98 Å². The first-order valence-electron chi connectivity index (χ1n) is 5.24. The number of rotatable bonds is 4. The van der Waals surface area contributed by atoms with E-state index in [0.29, 0.717) is 6.42 Å². The number of ketones is 1. The van der Waals surface area contributed by atoms with Crippen LogP contribution in [0, 0.1) is 6.92 Å². The standard InChI is InChI=1S/C12H18N2O/c1-5-6-11(15)10-8-7-9(2)13-12(10)14(3)4/h7-8H,5-6H2,1-4H3. The Kier molecular flexibility index (Phi) is 3.83. The van der Waals surface area contributed by atoms with Gasteiger partial charge in [0.2, 0.25) is 0 Å². The minimum atomic E-state index is 0.175. The lowest BCUT2D eigenvalue weighted by atomic mass is 10.1. The van der Waals surface area contributed by atoms with Crippen molar-refractivity contribution in [3.05, 3.63) is 23.4 Å². The number of Topliss-reactive ketones (excluding diaryl/α,β-unsaturated/α-hetero) is 1. The molecule has 3 nitrogen and oxygen atoms in total. The molecule has 15 heavy (non-hydrogen) atoms. The summed E-state index contributed by atoms with van der Waals surface area (Å²) in [5.41, 5.74) is 1.67. The van der Waals surface area contributed by atoms with E-state index >= 15 is 0 Å². The summed E-state index contributed by atoms with van der Waals surface area (Å²) in [5, 5.41) is 0. The van der Waals surface area contributed by atoms with E-state index in [-0.39, 0.29) is 5.78 Å². The van der Waals surface area contributed by atoms with Crippen LogP contribution in [0.25, 0.3) is 0 Å². The Labute approximate surface area is 91.1 Å². The van der Waals surface area contributed by atoms with Gasteiger partial charge < -0.3 is 4.90 Å². The van der Waals surface area contributed by atoms with Gasteiger partial charge >= 0.3 is 0 Å². The fourth-order valence-electron chi connectivity index (χ4n) is 1.46. The number of hydrogen-bond donors (Lipinski definition) is 0. The normalized spacial score (nSPS) is 10.1. The van der Waals surface area contributed by atoms with Crippen LogP contribution >= 0.6 is 0 Å². The third-order valence-electron chi connectivity index (χ3n) is 2.22. The van der Waals surface area contributed by atoms with Crippen LogP contribution in [0.2, 0.25) is 0 Å². The Bertz CT molecular complexity index is 359. The highest BCUT2D eigenvalue weighted by Gasteiger charge is 2.13. The van der Waals surface area contributed by atoms with E-state index in [1.54, 1.807) is 0 Å². The molecule has 82 valence electrons. The number of aromatic nitrogens is 1. The third kappa shape index (κ3) is 2.78. The monoisotopic (exact) mass is 206 g/mol. The zero-order valence-corrected chi connectivity index (χ0v) is 9.87. The molecule has 0 fully saturated rings. The second-order valence-electron chi connectivity index (χ2n) is 3.89. The largest absolute Gasteiger partial charge is 0.362 e. The molecule has 1 heterocycles. The lowest BCUT2D eigenvalue weighted by Crippen LogP contribution is -2.16. The molecular formula is C12H18N2O. The molecule has 0 amide bonds. The van der Waals surface area contributed by atoms with Crippen molar-refractivity contribution in [2.75, 3.05) is 19.0 Å². The van der Waals surface area contributed by atoms with E-state index < -0.39 is 0 Å². The predicted octanol–water partition coefficient (Wildman–Crippen LogP) is 2.44. The molecular weight excluding hydrogens is 188 g/mol. The van der Waals surface area contributed by atoms with Gasteiger partial charge in [-0.1, -0.05) is 6.92 Å². The molecule has 0 bridgehead atoms. The van der Waals surface area contributed by atoms with E-state index in [1.165, 1.54) is 0 Å². The second-order valence-corrected chi connectivity index (χ2v) is 3.89. The third-order valence-corrected chi connectivity index (χ3v) is 2.22. The fourth-order valence-corrected chi connectivity index (χ4v) is 1.46. The molecule has 1 aromatic rings. The number of carbonyl (C=O) groups excluding carboxylic acids is 1. The number of aryl methyl sites for hydroxylation is 1. The Morgan fingerprint density at radius 1 is 1.40 bits per heavy atom. The average Bonchev–Trinajstić information content (AvgIpc) is 2.17. The van der Waals surface area contributed by atoms with Gasteiger partial charge in [0.05, 0.1) is 5.56 Å². The highest BCUT2D eigenvalue weighted by atomic mass is 16.1. The van der Waals surface area contributed by atoms with E-state index in [2.05, 4.69) is 4.98 Å². The van der Waals surface area contributed by atoms with Crippen LogP contribution in [-0.2, 0) is 0 Å². The Balaban J connectivity index is 3.11. The summed E-state index contributed by atoms with van der Waals surface area (Å²) in [6.07, 6.45) is 1.46. The first kappa shape index (κ1) is 11.7. The van der Waals surface area contributed by atoms with Crippen molar-refractivity contribution in [1.82, 2.24) is 4.98 Å². The SMILES string of the molecule is CCCC(=O)c1ccc(C)nc1N(C)C. The molecule has 0 N–H and O–H groups in total. The maximum atomic E-state index is 11.8. The number of nitrogens with zero attached hydrogens (tertiary/aromatic N) is 2. The molecule has 0 saturated heterocycles. The summed E-state index contributed by atoms with van der Waals surface area (Å²) in [6.45, 7) is 3.94. The first-order valence-corrected chi connectivity index (χ1v) is 5.24. The topological polar surface area (TPSA) is 33.2 Å². The van der Waals surface area contributed by atoms with Crippen LogP contribution in [-0.4, -0.2) is 24.9 Å². The van der Waals surface area contributed by atoms with Crippen LogP contribution in [0.4, 0.5) is 5.82 Å². The van der Waals surface area contributed by atoms with Crippen LogP contribution in [0.5, 0.6) is 0 Å². The maximum Gasteiger partial charge on any atom is 0.166 e. The maximum absolute atomic E-state index is 11.8. The van der Waals surface area contributed by atoms with E-state index in [0.717, 1.165) is 23.5 Å². The Hall–Kier alpha value is -1.38. The van der Waals surface area contributed by atoms with Gasteiger partial charge in [-0.05, 0) is 25.5 Å². The summed E-state index contributed by atoms with van der Waals surface area (Å²) >= 11 is 0. The summed E-state index contributed by atoms with van der Waals surface area (Å²) in [5.74, 6) is 0.946. The minimum Gasteiger partial charge on any atom is -0.362 e. The zero-order chi connectivity index (χ0) is 11.4. The van der Waals surface area contributed by atoms with E-state index in [4.69, 9.17) is 0 Å². The Morgan fingerprint density at radius 2 is 2.07 bits per heavy atom. The zero-order valence-electron chi connectivity index (χ0n) is 9.87. The molecule has 1 aromatic heterocycles. The predicted molar refractivity (Wildman–Crippen MR) is 62.5 cm³/mol. The van der Waals surface area contributed by atoms with Gasteiger partial charge in [0, 0.05) is 26.2 Å². The molecule has 0 unspecified atom stereocenters. The van der Waals surface area contributed by atoms with Gasteiger partial charge in [0.1, 0.15) is 5.82 Å². The van der Waals surface area contributed by atoms with Gasteiger partial charge in [-0.15, -0.1) is 0 Å². The molecule has 0 saturated carbocycles. The van der Waals surface area contributed by atoms with Crippen molar-refractivity contribution >= 4 is 11.6 Å². The van der Waals surface area contributed by atoms with Crippen molar-refractivity contribution in [1.29, 1.82) is 0 Å². The van der Waals surface area contributed by atoms with E-state index in [1.807, 2.05) is 45.0 Å². The molecule has 3 heteroatoms. The minimum absolute atomic E-state index is 0.175. The van der Waals surface area contributed by atoms with Gasteiger partial charge in [-0.2, -0.15) is 0 Å². The molecule has 0 aliphatic carbocycles. The first-order chi connectivity index (χ1) is 7.06. The van der Waals surface area contributed by atoms with Crippen molar-refractivity contribution in [3.63, 3.8) is 0 Å². The van der Waals surface area contributed by atoms with Crippen molar-refractivity contribution in [3.8, 4) is 0 Å². The van der Waals surface area contributed by atoms with Crippen molar-refractivity contribution < 1.29 is 4.79 Å². The van der Waals surface area contributed by atoms with Crippen LogP contribution < -0.4 is 4.90 Å². The Morgan fingerprint density at radius 3 is 2.60 bits per heavy atom. The van der Waals surface area contributed by atoms with Gasteiger partial charge in [0.25, 0.3) is 0 Å².